The van der Waals surface area contributed by atoms with E-state index in [1.165, 1.54) is 11.3 Å². The average Bonchev–Trinajstić information content (AvgIpc) is 3.18. The minimum Gasteiger partial charge on any atom is -0.339 e. The lowest BCUT2D eigenvalue weighted by molar-refractivity contribution is -0.130. The molecule has 1 aliphatic rings. The number of thiazole rings is 1. The van der Waals surface area contributed by atoms with Crippen molar-refractivity contribution in [2.45, 2.75) is 19.8 Å². The Morgan fingerprint density at radius 3 is 2.47 bits per heavy atom. The lowest BCUT2D eigenvalue weighted by atomic mass is 9.96. The molecule has 0 saturated carbocycles. The SMILES string of the molecule is Cc1sc(NC(=O)C2CCN(C(=O)/C=C/c3ccccc3)CC2)nc1-c1ccc(Cl)cc1. The molecular formula is C25H24ClN3O2S. The number of aryl methyl sites for hydroxylation is 1. The highest BCUT2D eigenvalue weighted by Crippen LogP contribution is 2.31. The minimum absolute atomic E-state index is 0.0177. The Labute approximate surface area is 196 Å². The lowest BCUT2D eigenvalue weighted by Gasteiger charge is -2.30. The second kappa shape index (κ2) is 10.1. The number of nitrogens with one attached hydrogen (secondary N) is 1. The first kappa shape index (κ1) is 22.2. The molecule has 0 radical (unpaired) electrons. The fourth-order valence-electron chi connectivity index (χ4n) is 3.73. The molecule has 5 nitrogen and oxygen atoms in total. The number of hydrogen-bond donors (Lipinski definition) is 1. The van der Waals surface area contributed by atoms with Gasteiger partial charge >= 0.3 is 0 Å². The Morgan fingerprint density at radius 2 is 1.78 bits per heavy atom. The maximum atomic E-state index is 12.8. The van der Waals surface area contributed by atoms with Crippen molar-refractivity contribution in [2.24, 2.45) is 5.92 Å². The maximum absolute atomic E-state index is 12.8. The number of carbonyl (C=O) groups excluding carboxylic acids is 2. The normalized spacial score (nSPS) is 14.6. The summed E-state index contributed by atoms with van der Waals surface area (Å²) >= 11 is 7.44. The minimum atomic E-state index is -0.125. The van der Waals surface area contributed by atoms with E-state index >= 15 is 0 Å². The van der Waals surface area contributed by atoms with Crippen LogP contribution in [0.1, 0.15) is 23.3 Å². The highest BCUT2D eigenvalue weighted by Gasteiger charge is 2.27. The predicted molar refractivity (Wildman–Crippen MR) is 131 cm³/mol. The van der Waals surface area contributed by atoms with Crippen molar-refractivity contribution < 1.29 is 9.59 Å². The number of nitrogens with zero attached hydrogens (tertiary/aromatic N) is 2. The molecule has 1 saturated heterocycles. The van der Waals surface area contributed by atoms with E-state index in [0.717, 1.165) is 21.7 Å². The first-order valence-corrected chi connectivity index (χ1v) is 11.8. The summed E-state index contributed by atoms with van der Waals surface area (Å²) in [5, 5.41) is 4.24. The average molecular weight is 466 g/mol. The van der Waals surface area contributed by atoms with Crippen LogP contribution >= 0.6 is 22.9 Å². The van der Waals surface area contributed by atoms with Gasteiger partial charge in [0.25, 0.3) is 0 Å². The third-order valence-corrected chi connectivity index (χ3v) is 6.68. The number of likely N-dealkylation sites (tertiary alicyclic amines) is 1. The maximum Gasteiger partial charge on any atom is 0.246 e. The van der Waals surface area contributed by atoms with E-state index < -0.39 is 0 Å². The molecule has 0 spiro atoms. The van der Waals surface area contributed by atoms with Crippen LogP contribution in [0, 0.1) is 12.8 Å². The Kier molecular flexibility index (Phi) is 7.02. The van der Waals surface area contributed by atoms with Gasteiger partial charge in [0.05, 0.1) is 5.69 Å². The van der Waals surface area contributed by atoms with Crippen molar-refractivity contribution in [3.63, 3.8) is 0 Å². The molecule has 2 amide bonds. The lowest BCUT2D eigenvalue weighted by Crippen LogP contribution is -2.40. The molecule has 7 heteroatoms. The van der Waals surface area contributed by atoms with Gasteiger partial charge in [0.2, 0.25) is 11.8 Å². The second-order valence-corrected chi connectivity index (χ2v) is 9.40. The van der Waals surface area contributed by atoms with E-state index in [1.54, 1.807) is 11.0 Å². The summed E-state index contributed by atoms with van der Waals surface area (Å²) in [6, 6.07) is 17.3. The highest BCUT2D eigenvalue weighted by atomic mass is 35.5. The molecule has 0 bridgehead atoms. The Balaban J connectivity index is 1.31. The summed E-state index contributed by atoms with van der Waals surface area (Å²) in [6.45, 7) is 3.14. The predicted octanol–water partition coefficient (Wildman–Crippen LogP) is 5.66. The first-order chi connectivity index (χ1) is 15.5. The molecule has 2 aromatic carbocycles. The van der Waals surface area contributed by atoms with Gasteiger partial charge in [-0.25, -0.2) is 4.98 Å². The number of carbonyl (C=O) groups is 2. The van der Waals surface area contributed by atoms with Gasteiger partial charge in [0, 0.05) is 40.5 Å². The molecule has 3 aromatic rings. The van der Waals surface area contributed by atoms with Crippen molar-refractivity contribution in [3.05, 3.63) is 76.1 Å². The number of benzene rings is 2. The molecule has 0 atom stereocenters. The van der Waals surface area contributed by atoms with E-state index in [0.29, 0.717) is 36.1 Å². The van der Waals surface area contributed by atoms with Crippen LogP contribution in [0.25, 0.3) is 17.3 Å². The molecule has 164 valence electrons. The Morgan fingerprint density at radius 1 is 1.09 bits per heavy atom. The summed E-state index contributed by atoms with van der Waals surface area (Å²) < 4.78 is 0. The molecule has 2 heterocycles. The largest absolute Gasteiger partial charge is 0.339 e. The molecule has 1 N–H and O–H groups in total. The van der Waals surface area contributed by atoms with Crippen LogP contribution in [-0.4, -0.2) is 34.8 Å². The van der Waals surface area contributed by atoms with E-state index in [-0.39, 0.29) is 17.7 Å². The number of piperidine rings is 1. The zero-order chi connectivity index (χ0) is 22.5. The monoisotopic (exact) mass is 465 g/mol. The van der Waals surface area contributed by atoms with E-state index in [4.69, 9.17) is 11.6 Å². The van der Waals surface area contributed by atoms with Crippen LogP contribution in [0.3, 0.4) is 0 Å². The van der Waals surface area contributed by atoms with E-state index in [2.05, 4.69) is 10.3 Å². The number of halogens is 1. The summed E-state index contributed by atoms with van der Waals surface area (Å²) in [4.78, 5) is 32.7. The van der Waals surface area contributed by atoms with Crippen LogP contribution in [0.4, 0.5) is 5.13 Å². The molecule has 0 aliphatic carbocycles. The quantitative estimate of drug-likeness (QED) is 0.494. The van der Waals surface area contributed by atoms with Gasteiger partial charge in [-0.15, -0.1) is 11.3 Å². The van der Waals surface area contributed by atoms with Crippen LogP contribution in [-0.2, 0) is 9.59 Å². The van der Waals surface area contributed by atoms with Gasteiger partial charge in [-0.1, -0.05) is 54.1 Å². The van der Waals surface area contributed by atoms with Gasteiger partial charge in [0.1, 0.15) is 0 Å². The van der Waals surface area contributed by atoms with Gasteiger partial charge in [-0.3, -0.25) is 9.59 Å². The summed E-state index contributed by atoms with van der Waals surface area (Å²) in [5.74, 6) is -0.176. The van der Waals surface area contributed by atoms with Crippen molar-refractivity contribution in [3.8, 4) is 11.3 Å². The molecule has 4 rings (SSSR count). The summed E-state index contributed by atoms with van der Waals surface area (Å²) in [5.41, 5.74) is 2.82. The Bertz CT molecular complexity index is 1120. The summed E-state index contributed by atoms with van der Waals surface area (Å²) in [7, 11) is 0. The third-order valence-electron chi connectivity index (χ3n) is 5.54. The topological polar surface area (TPSA) is 62.3 Å². The van der Waals surface area contributed by atoms with Gasteiger partial charge in [-0.2, -0.15) is 0 Å². The zero-order valence-corrected chi connectivity index (χ0v) is 19.3. The smallest absolute Gasteiger partial charge is 0.246 e. The van der Waals surface area contributed by atoms with E-state index in [1.807, 2.05) is 67.6 Å². The van der Waals surface area contributed by atoms with Crippen LogP contribution in [0.2, 0.25) is 5.02 Å². The second-order valence-electron chi connectivity index (χ2n) is 7.76. The van der Waals surface area contributed by atoms with Crippen molar-refractivity contribution >= 4 is 46.0 Å². The number of hydrogen-bond acceptors (Lipinski definition) is 4. The number of amides is 2. The van der Waals surface area contributed by atoms with Crippen LogP contribution in [0.15, 0.2) is 60.7 Å². The van der Waals surface area contributed by atoms with Gasteiger partial charge in [-0.05, 0) is 43.5 Å². The first-order valence-electron chi connectivity index (χ1n) is 10.6. The molecule has 0 unspecified atom stereocenters. The van der Waals surface area contributed by atoms with Crippen LogP contribution < -0.4 is 5.32 Å². The van der Waals surface area contributed by atoms with Gasteiger partial charge in [0.15, 0.2) is 5.13 Å². The molecule has 1 aromatic heterocycles. The summed E-state index contributed by atoms with van der Waals surface area (Å²) in [6.07, 6.45) is 4.72. The standard InChI is InChI=1S/C25H24ClN3O2S/c1-17-23(19-8-10-21(26)11-9-19)27-25(32-17)28-24(31)20-13-15-29(16-14-20)22(30)12-7-18-5-3-2-4-6-18/h2-12,20H,13-16H2,1H3,(H,27,28,31)/b12-7+. The number of aromatic nitrogens is 1. The Hall–Kier alpha value is -2.96. The molecule has 32 heavy (non-hydrogen) atoms. The van der Waals surface area contributed by atoms with Crippen molar-refractivity contribution in [1.82, 2.24) is 9.88 Å². The zero-order valence-electron chi connectivity index (χ0n) is 17.8. The molecule has 1 aliphatic heterocycles. The van der Waals surface area contributed by atoms with E-state index in [9.17, 15) is 9.59 Å². The van der Waals surface area contributed by atoms with Crippen molar-refractivity contribution in [2.75, 3.05) is 18.4 Å². The number of anilines is 1. The van der Waals surface area contributed by atoms with Crippen molar-refractivity contribution in [1.29, 1.82) is 0 Å². The number of rotatable bonds is 5. The molecular weight excluding hydrogens is 442 g/mol. The highest BCUT2D eigenvalue weighted by molar-refractivity contribution is 7.16. The third kappa shape index (κ3) is 5.44. The van der Waals surface area contributed by atoms with Gasteiger partial charge < -0.3 is 10.2 Å². The fraction of sp³-hybridized carbons (Fsp3) is 0.240. The molecule has 1 fully saturated rings. The van der Waals surface area contributed by atoms with Crippen LogP contribution in [0.5, 0.6) is 0 Å². The fourth-order valence-corrected chi connectivity index (χ4v) is 4.70.